The molecule has 0 heterocycles. The van der Waals surface area contributed by atoms with Gasteiger partial charge in [0.2, 0.25) is 0 Å². The second kappa shape index (κ2) is 2.62. The number of hydrogen-bond donors (Lipinski definition) is 0. The third-order valence-corrected chi connectivity index (χ3v) is 2.57. The Morgan fingerprint density at radius 2 is 1.82 bits per heavy atom. The van der Waals surface area contributed by atoms with Crippen LogP contribution in [0, 0.1) is 17.3 Å². The van der Waals surface area contributed by atoms with Crippen LogP contribution in [0.4, 0.5) is 0 Å². The predicted molar refractivity (Wildman–Crippen MR) is 46.4 cm³/mol. The maximum atomic E-state index is 11.4. The number of hydrogen-bond acceptors (Lipinski definition) is 1. The molecule has 0 aromatic heterocycles. The molecule has 0 aromatic rings. The van der Waals surface area contributed by atoms with Gasteiger partial charge in [0, 0.05) is 11.8 Å². The quantitative estimate of drug-likeness (QED) is 0.597. The van der Waals surface area contributed by atoms with Crippen molar-refractivity contribution in [3.05, 3.63) is 0 Å². The van der Waals surface area contributed by atoms with E-state index in [4.69, 9.17) is 0 Å². The largest absolute Gasteiger partial charge is 0.299 e. The molecule has 1 rings (SSSR count). The van der Waals surface area contributed by atoms with Gasteiger partial charge in [-0.2, -0.15) is 0 Å². The van der Waals surface area contributed by atoms with Crippen LogP contribution in [0.3, 0.4) is 0 Å². The molecular formula is C10H18O. The SMILES string of the molecule is CC(C)C(=O)C1CC(C)(C)C1. The van der Waals surface area contributed by atoms with Crippen LogP contribution in [0.2, 0.25) is 0 Å². The zero-order chi connectivity index (χ0) is 8.65. The smallest absolute Gasteiger partial charge is 0.138 e. The summed E-state index contributed by atoms with van der Waals surface area (Å²) in [5, 5.41) is 0. The van der Waals surface area contributed by atoms with Crippen molar-refractivity contribution in [1.29, 1.82) is 0 Å². The Hall–Kier alpha value is -0.330. The first kappa shape index (κ1) is 8.76. The van der Waals surface area contributed by atoms with Gasteiger partial charge < -0.3 is 0 Å². The Morgan fingerprint density at radius 3 is 2.09 bits per heavy atom. The van der Waals surface area contributed by atoms with E-state index < -0.39 is 0 Å². The highest BCUT2D eigenvalue weighted by Crippen LogP contribution is 2.45. The molecule has 0 bridgehead atoms. The Bertz CT molecular complexity index is 160. The van der Waals surface area contributed by atoms with E-state index in [1.165, 1.54) is 0 Å². The Balaban J connectivity index is 2.38. The first-order valence-electron chi connectivity index (χ1n) is 4.46. The average molecular weight is 154 g/mol. The molecule has 0 saturated heterocycles. The van der Waals surface area contributed by atoms with Crippen molar-refractivity contribution in [3.63, 3.8) is 0 Å². The van der Waals surface area contributed by atoms with E-state index in [1.807, 2.05) is 13.8 Å². The number of carbonyl (C=O) groups excluding carboxylic acids is 1. The third kappa shape index (κ3) is 1.82. The summed E-state index contributed by atoms with van der Waals surface area (Å²) in [6, 6.07) is 0. The van der Waals surface area contributed by atoms with Gasteiger partial charge in [-0.05, 0) is 18.3 Å². The van der Waals surface area contributed by atoms with E-state index in [9.17, 15) is 4.79 Å². The molecule has 0 N–H and O–H groups in total. The molecule has 0 radical (unpaired) electrons. The topological polar surface area (TPSA) is 17.1 Å². The van der Waals surface area contributed by atoms with Crippen LogP contribution in [-0.2, 0) is 4.79 Å². The van der Waals surface area contributed by atoms with E-state index in [1.54, 1.807) is 0 Å². The second-order valence-electron chi connectivity index (χ2n) is 4.83. The van der Waals surface area contributed by atoms with Gasteiger partial charge in [0.25, 0.3) is 0 Å². The number of Topliss-reactive ketones (excluding diaryl/α,β-unsaturated/α-hetero) is 1. The molecular weight excluding hydrogens is 136 g/mol. The Morgan fingerprint density at radius 1 is 1.36 bits per heavy atom. The summed E-state index contributed by atoms with van der Waals surface area (Å²) in [6.07, 6.45) is 2.20. The van der Waals surface area contributed by atoms with Gasteiger partial charge in [-0.1, -0.05) is 27.7 Å². The van der Waals surface area contributed by atoms with Crippen LogP contribution in [0.25, 0.3) is 0 Å². The molecule has 1 heteroatoms. The van der Waals surface area contributed by atoms with Crippen LogP contribution in [0.1, 0.15) is 40.5 Å². The molecule has 0 atom stereocenters. The molecule has 11 heavy (non-hydrogen) atoms. The summed E-state index contributed by atoms with van der Waals surface area (Å²) < 4.78 is 0. The first-order valence-corrected chi connectivity index (χ1v) is 4.46. The van der Waals surface area contributed by atoms with Crippen molar-refractivity contribution < 1.29 is 4.79 Å². The van der Waals surface area contributed by atoms with Gasteiger partial charge in [-0.15, -0.1) is 0 Å². The lowest BCUT2D eigenvalue weighted by Gasteiger charge is -2.42. The summed E-state index contributed by atoms with van der Waals surface area (Å²) in [6.45, 7) is 8.45. The summed E-state index contributed by atoms with van der Waals surface area (Å²) in [5.74, 6) is 1.07. The molecule has 0 unspecified atom stereocenters. The number of ketones is 1. The van der Waals surface area contributed by atoms with Gasteiger partial charge in [0.15, 0.2) is 0 Å². The first-order chi connectivity index (χ1) is 4.92. The minimum absolute atomic E-state index is 0.232. The minimum Gasteiger partial charge on any atom is -0.299 e. The minimum atomic E-state index is 0.232. The highest BCUT2D eigenvalue weighted by Gasteiger charge is 2.40. The molecule has 0 aliphatic heterocycles. The van der Waals surface area contributed by atoms with E-state index >= 15 is 0 Å². The number of carbonyl (C=O) groups is 1. The fourth-order valence-electron chi connectivity index (χ4n) is 1.95. The van der Waals surface area contributed by atoms with Crippen LogP contribution in [-0.4, -0.2) is 5.78 Å². The summed E-state index contributed by atoms with van der Waals surface area (Å²) in [7, 11) is 0. The molecule has 0 aromatic carbocycles. The highest BCUT2D eigenvalue weighted by atomic mass is 16.1. The molecule has 0 spiro atoms. The Kier molecular flexibility index (Phi) is 2.08. The summed E-state index contributed by atoms with van der Waals surface area (Å²) in [4.78, 5) is 11.4. The second-order valence-corrected chi connectivity index (χ2v) is 4.83. The monoisotopic (exact) mass is 154 g/mol. The molecule has 64 valence electrons. The van der Waals surface area contributed by atoms with Gasteiger partial charge in [0.1, 0.15) is 5.78 Å². The van der Waals surface area contributed by atoms with Crippen molar-refractivity contribution >= 4 is 5.78 Å². The van der Waals surface area contributed by atoms with Gasteiger partial charge in [0.05, 0.1) is 0 Å². The lowest BCUT2D eigenvalue weighted by atomic mass is 9.62. The van der Waals surface area contributed by atoms with E-state index in [0.29, 0.717) is 17.1 Å². The van der Waals surface area contributed by atoms with E-state index in [-0.39, 0.29) is 5.92 Å². The molecule has 0 amide bonds. The van der Waals surface area contributed by atoms with Crippen molar-refractivity contribution in [2.75, 3.05) is 0 Å². The lowest BCUT2D eigenvalue weighted by molar-refractivity contribution is -0.132. The molecule has 1 aliphatic carbocycles. The van der Waals surface area contributed by atoms with Crippen molar-refractivity contribution in [2.45, 2.75) is 40.5 Å². The zero-order valence-corrected chi connectivity index (χ0v) is 7.98. The van der Waals surface area contributed by atoms with Crippen molar-refractivity contribution in [1.82, 2.24) is 0 Å². The summed E-state index contributed by atoms with van der Waals surface area (Å²) >= 11 is 0. The standard InChI is InChI=1S/C10H18O/c1-7(2)9(11)8-5-10(3,4)6-8/h7-8H,5-6H2,1-4H3. The van der Waals surface area contributed by atoms with Crippen molar-refractivity contribution in [3.8, 4) is 0 Å². The third-order valence-electron chi connectivity index (χ3n) is 2.57. The normalized spacial score (nSPS) is 23.4. The average Bonchev–Trinajstić information content (AvgIpc) is 1.80. The van der Waals surface area contributed by atoms with Gasteiger partial charge in [-0.25, -0.2) is 0 Å². The highest BCUT2D eigenvalue weighted by molar-refractivity contribution is 5.83. The van der Waals surface area contributed by atoms with Crippen LogP contribution < -0.4 is 0 Å². The predicted octanol–water partition coefficient (Wildman–Crippen LogP) is 2.65. The maximum Gasteiger partial charge on any atom is 0.138 e. The molecule has 1 saturated carbocycles. The molecule has 1 fully saturated rings. The Labute approximate surface area is 69.2 Å². The molecule has 1 nitrogen and oxygen atoms in total. The van der Waals surface area contributed by atoms with E-state index in [2.05, 4.69) is 13.8 Å². The lowest BCUT2D eigenvalue weighted by Crippen LogP contribution is -2.38. The maximum absolute atomic E-state index is 11.4. The summed E-state index contributed by atoms with van der Waals surface area (Å²) in [5.41, 5.74) is 0.440. The molecule has 1 aliphatic rings. The number of rotatable bonds is 2. The fraction of sp³-hybridized carbons (Fsp3) is 0.900. The van der Waals surface area contributed by atoms with Crippen LogP contribution >= 0.6 is 0 Å². The fourth-order valence-corrected chi connectivity index (χ4v) is 1.95. The van der Waals surface area contributed by atoms with Gasteiger partial charge >= 0.3 is 0 Å². The zero-order valence-electron chi connectivity index (χ0n) is 7.98. The van der Waals surface area contributed by atoms with Crippen LogP contribution in [0.5, 0.6) is 0 Å². The van der Waals surface area contributed by atoms with E-state index in [0.717, 1.165) is 12.8 Å². The van der Waals surface area contributed by atoms with Gasteiger partial charge in [-0.3, -0.25) is 4.79 Å². The van der Waals surface area contributed by atoms with Crippen LogP contribution in [0.15, 0.2) is 0 Å². The van der Waals surface area contributed by atoms with Crippen molar-refractivity contribution in [2.24, 2.45) is 17.3 Å².